The van der Waals surface area contributed by atoms with Crippen LogP contribution in [-0.2, 0) is 10.0 Å². The van der Waals surface area contributed by atoms with E-state index in [1.807, 2.05) is 13.8 Å². The Kier molecular flexibility index (Phi) is 4.76. The Bertz CT molecular complexity index is 402. The Morgan fingerprint density at radius 1 is 1.56 bits per heavy atom. The summed E-state index contributed by atoms with van der Waals surface area (Å²) in [4.78, 5) is 0.131. The summed E-state index contributed by atoms with van der Waals surface area (Å²) in [5.41, 5.74) is 0. The summed E-state index contributed by atoms with van der Waals surface area (Å²) in [7, 11) is -3.50. The number of halogens is 1. The third kappa shape index (κ3) is 3.77. The largest absolute Gasteiger partial charge is 0.284 e. The van der Waals surface area contributed by atoms with Gasteiger partial charge in [0.2, 0.25) is 10.0 Å². The van der Waals surface area contributed by atoms with E-state index in [0.29, 0.717) is 12.3 Å². The molecule has 1 heterocycles. The van der Waals surface area contributed by atoms with Crippen molar-refractivity contribution in [3.63, 3.8) is 0 Å². The molecule has 0 spiro atoms. The molecule has 2 N–H and O–H groups in total. The average Bonchev–Trinajstić information content (AvgIpc) is 2.68. The monoisotopic (exact) mass is 265 g/mol. The number of alkyl halides is 1. The smallest absolute Gasteiger partial charge is 0.243 e. The molecule has 0 radical (unpaired) electrons. The highest BCUT2D eigenvalue weighted by Crippen LogP contribution is 2.11. The first kappa shape index (κ1) is 13.5. The summed E-state index contributed by atoms with van der Waals surface area (Å²) in [5.74, 6) is 0.644. The van der Waals surface area contributed by atoms with Crippen molar-refractivity contribution in [2.75, 3.05) is 5.88 Å². The Labute approximate surface area is 101 Å². The van der Waals surface area contributed by atoms with Crippen molar-refractivity contribution in [1.29, 1.82) is 0 Å². The molecule has 1 aromatic rings. The first-order chi connectivity index (χ1) is 7.45. The van der Waals surface area contributed by atoms with Crippen LogP contribution in [0.5, 0.6) is 0 Å². The molecule has 1 atom stereocenters. The van der Waals surface area contributed by atoms with Crippen LogP contribution in [0, 0.1) is 5.92 Å². The number of rotatable bonds is 6. The molecule has 16 heavy (non-hydrogen) atoms. The molecule has 0 aliphatic heterocycles. The fourth-order valence-electron chi connectivity index (χ4n) is 1.39. The molecular formula is C9H16ClN3O2S. The van der Waals surface area contributed by atoms with Gasteiger partial charge in [0, 0.05) is 18.1 Å². The Balaban J connectivity index is 2.71. The molecule has 92 valence electrons. The van der Waals surface area contributed by atoms with Crippen LogP contribution in [0.25, 0.3) is 0 Å². The molecule has 7 heteroatoms. The van der Waals surface area contributed by atoms with Crippen molar-refractivity contribution >= 4 is 21.6 Å². The van der Waals surface area contributed by atoms with Gasteiger partial charge in [-0.05, 0) is 12.3 Å². The van der Waals surface area contributed by atoms with Crippen molar-refractivity contribution in [1.82, 2.24) is 14.9 Å². The van der Waals surface area contributed by atoms with Gasteiger partial charge in [-0.3, -0.25) is 5.10 Å². The lowest BCUT2D eigenvalue weighted by Crippen LogP contribution is -2.36. The average molecular weight is 266 g/mol. The highest BCUT2D eigenvalue weighted by molar-refractivity contribution is 7.89. The van der Waals surface area contributed by atoms with Crippen LogP contribution in [0.2, 0.25) is 0 Å². The molecule has 0 amide bonds. The number of nitrogens with one attached hydrogen (secondary N) is 2. The van der Waals surface area contributed by atoms with Crippen LogP contribution in [0.3, 0.4) is 0 Å². The quantitative estimate of drug-likeness (QED) is 0.763. The van der Waals surface area contributed by atoms with E-state index in [1.165, 1.54) is 12.4 Å². The summed E-state index contributed by atoms with van der Waals surface area (Å²) in [5, 5.41) is 6.07. The molecule has 0 bridgehead atoms. The fourth-order valence-corrected chi connectivity index (χ4v) is 2.83. The predicted molar refractivity (Wildman–Crippen MR) is 62.9 cm³/mol. The minimum Gasteiger partial charge on any atom is -0.284 e. The number of sulfonamides is 1. The topological polar surface area (TPSA) is 74.8 Å². The van der Waals surface area contributed by atoms with E-state index in [-0.39, 0.29) is 16.8 Å². The van der Waals surface area contributed by atoms with E-state index in [1.54, 1.807) is 0 Å². The van der Waals surface area contributed by atoms with Crippen molar-refractivity contribution in [3.05, 3.63) is 12.4 Å². The van der Waals surface area contributed by atoms with Gasteiger partial charge in [-0.15, -0.1) is 11.6 Å². The minimum absolute atomic E-state index is 0.131. The van der Waals surface area contributed by atoms with Crippen LogP contribution in [-0.4, -0.2) is 30.5 Å². The van der Waals surface area contributed by atoms with Crippen LogP contribution in [0.1, 0.15) is 20.3 Å². The molecule has 0 saturated heterocycles. The molecule has 1 aromatic heterocycles. The normalized spacial score (nSPS) is 14.2. The molecule has 1 rings (SSSR count). The SMILES string of the molecule is CC(C)CC(CCl)NS(=O)(=O)c1cn[nH]c1. The van der Waals surface area contributed by atoms with Gasteiger partial charge in [0.05, 0.1) is 6.20 Å². The molecule has 0 fully saturated rings. The Hall–Kier alpha value is -0.590. The minimum atomic E-state index is -3.50. The predicted octanol–water partition coefficient (Wildman–Crippen LogP) is 1.34. The molecule has 1 unspecified atom stereocenters. The van der Waals surface area contributed by atoms with E-state index < -0.39 is 10.0 Å². The van der Waals surface area contributed by atoms with Crippen LogP contribution in [0.4, 0.5) is 0 Å². The number of aromatic nitrogens is 2. The standard InChI is InChI=1S/C9H16ClN3O2S/c1-7(2)3-8(4-10)13-16(14,15)9-5-11-12-6-9/h5-8,13H,3-4H2,1-2H3,(H,11,12). The summed E-state index contributed by atoms with van der Waals surface area (Å²) in [6.07, 6.45) is 3.31. The Morgan fingerprint density at radius 2 is 2.25 bits per heavy atom. The van der Waals surface area contributed by atoms with Gasteiger partial charge in [-0.25, -0.2) is 13.1 Å². The summed E-state index contributed by atoms with van der Waals surface area (Å²) in [6.45, 7) is 4.04. The van der Waals surface area contributed by atoms with Crippen molar-refractivity contribution in [2.45, 2.75) is 31.2 Å². The van der Waals surface area contributed by atoms with Gasteiger partial charge in [0.1, 0.15) is 4.90 Å². The Morgan fingerprint density at radius 3 is 2.69 bits per heavy atom. The number of hydrogen-bond acceptors (Lipinski definition) is 3. The third-order valence-electron chi connectivity index (χ3n) is 2.05. The highest BCUT2D eigenvalue weighted by Gasteiger charge is 2.20. The number of nitrogens with zero attached hydrogens (tertiary/aromatic N) is 1. The fraction of sp³-hybridized carbons (Fsp3) is 0.667. The van der Waals surface area contributed by atoms with Crippen LogP contribution in [0.15, 0.2) is 17.3 Å². The van der Waals surface area contributed by atoms with Gasteiger partial charge in [0.25, 0.3) is 0 Å². The zero-order valence-corrected chi connectivity index (χ0v) is 10.8. The van der Waals surface area contributed by atoms with Gasteiger partial charge in [0.15, 0.2) is 0 Å². The van der Waals surface area contributed by atoms with Gasteiger partial charge < -0.3 is 0 Å². The molecule has 0 aliphatic rings. The van der Waals surface area contributed by atoms with E-state index in [9.17, 15) is 8.42 Å². The summed E-state index contributed by atoms with van der Waals surface area (Å²) < 4.78 is 26.2. The van der Waals surface area contributed by atoms with Crippen LogP contribution >= 0.6 is 11.6 Å². The molecule has 0 saturated carbocycles. The zero-order chi connectivity index (χ0) is 12.2. The second-order valence-corrected chi connectivity index (χ2v) is 6.06. The second-order valence-electron chi connectivity index (χ2n) is 4.04. The lowest BCUT2D eigenvalue weighted by Gasteiger charge is -2.17. The van der Waals surface area contributed by atoms with Gasteiger partial charge in [-0.2, -0.15) is 5.10 Å². The van der Waals surface area contributed by atoms with E-state index in [4.69, 9.17) is 11.6 Å². The molecular weight excluding hydrogens is 250 g/mol. The summed E-state index contributed by atoms with van der Waals surface area (Å²) in [6, 6.07) is -0.249. The first-order valence-corrected chi connectivity index (χ1v) is 7.04. The summed E-state index contributed by atoms with van der Waals surface area (Å²) >= 11 is 5.73. The lowest BCUT2D eigenvalue weighted by molar-refractivity contribution is 0.485. The number of H-pyrrole nitrogens is 1. The number of hydrogen-bond donors (Lipinski definition) is 2. The molecule has 0 aromatic carbocycles. The van der Waals surface area contributed by atoms with E-state index >= 15 is 0 Å². The van der Waals surface area contributed by atoms with E-state index in [0.717, 1.165) is 0 Å². The first-order valence-electron chi connectivity index (χ1n) is 5.02. The third-order valence-corrected chi connectivity index (χ3v) is 3.91. The highest BCUT2D eigenvalue weighted by atomic mass is 35.5. The van der Waals surface area contributed by atoms with Crippen molar-refractivity contribution in [3.8, 4) is 0 Å². The maximum absolute atomic E-state index is 11.8. The van der Waals surface area contributed by atoms with Crippen molar-refractivity contribution in [2.24, 2.45) is 5.92 Å². The van der Waals surface area contributed by atoms with Gasteiger partial charge >= 0.3 is 0 Å². The molecule has 5 nitrogen and oxygen atoms in total. The lowest BCUT2D eigenvalue weighted by atomic mass is 10.1. The van der Waals surface area contributed by atoms with Crippen molar-refractivity contribution < 1.29 is 8.42 Å². The maximum Gasteiger partial charge on any atom is 0.243 e. The van der Waals surface area contributed by atoms with E-state index in [2.05, 4.69) is 14.9 Å². The maximum atomic E-state index is 11.8. The zero-order valence-electron chi connectivity index (χ0n) is 9.27. The second kappa shape index (κ2) is 5.65. The molecule has 0 aliphatic carbocycles. The van der Waals surface area contributed by atoms with Crippen LogP contribution < -0.4 is 4.72 Å². The van der Waals surface area contributed by atoms with Gasteiger partial charge in [-0.1, -0.05) is 13.8 Å². The number of aromatic amines is 1.